The number of rotatable bonds is 2. The van der Waals surface area contributed by atoms with Crippen molar-refractivity contribution < 1.29 is 23.9 Å². The van der Waals surface area contributed by atoms with Crippen LogP contribution in [0.15, 0.2) is 24.3 Å². The molecule has 1 aromatic carbocycles. The Hall–Kier alpha value is -2.76. The van der Waals surface area contributed by atoms with E-state index < -0.39 is 17.5 Å². The molecule has 0 fully saturated rings. The summed E-state index contributed by atoms with van der Waals surface area (Å²) >= 11 is 0. The number of allylic oxidation sites excluding steroid dienone is 2. The van der Waals surface area contributed by atoms with Crippen molar-refractivity contribution in [2.75, 3.05) is 5.32 Å². The molecule has 1 aliphatic rings. The van der Waals surface area contributed by atoms with Gasteiger partial charge in [-0.1, -0.05) is 0 Å². The first-order valence-corrected chi connectivity index (χ1v) is 5.80. The average molecular weight is 273 g/mol. The minimum absolute atomic E-state index is 0.00398. The lowest BCUT2D eigenvalue weighted by molar-refractivity contribution is -0.131. The van der Waals surface area contributed by atoms with Crippen LogP contribution >= 0.6 is 0 Å². The number of esters is 1. The van der Waals surface area contributed by atoms with Crippen LogP contribution < -0.4 is 10.1 Å². The Morgan fingerprint density at radius 2 is 1.60 bits per heavy atom. The maximum absolute atomic E-state index is 11.9. The molecule has 6 nitrogen and oxygen atoms in total. The molecule has 20 heavy (non-hydrogen) atoms. The summed E-state index contributed by atoms with van der Waals surface area (Å²) < 4.78 is 4.93. The number of ether oxygens (including phenoxy) is 1. The van der Waals surface area contributed by atoms with Crippen molar-refractivity contribution in [2.24, 2.45) is 0 Å². The average Bonchev–Trinajstić information content (AvgIpc) is 2.34. The third-order valence-corrected chi connectivity index (χ3v) is 2.61. The van der Waals surface area contributed by atoms with Crippen LogP contribution in [0.2, 0.25) is 0 Å². The number of fused-ring (bicyclic) bond motifs is 1. The fourth-order valence-corrected chi connectivity index (χ4v) is 1.94. The highest BCUT2D eigenvalue weighted by atomic mass is 16.5. The number of amides is 1. The van der Waals surface area contributed by atoms with E-state index in [1.165, 1.54) is 26.0 Å². The maximum Gasteiger partial charge on any atom is 0.308 e. The molecule has 0 aromatic heterocycles. The van der Waals surface area contributed by atoms with E-state index in [2.05, 4.69) is 5.32 Å². The van der Waals surface area contributed by atoms with Gasteiger partial charge in [0.25, 0.3) is 0 Å². The molecule has 0 heterocycles. The molecule has 0 saturated heterocycles. The molecule has 0 aliphatic heterocycles. The number of nitrogens with one attached hydrogen (secondary N) is 1. The number of hydrogen-bond donors (Lipinski definition) is 1. The number of hydrogen-bond acceptors (Lipinski definition) is 5. The predicted octanol–water partition coefficient (Wildman–Crippen LogP) is 1.51. The highest BCUT2D eigenvalue weighted by Gasteiger charge is 2.27. The number of benzene rings is 1. The molecule has 0 atom stereocenters. The van der Waals surface area contributed by atoms with Crippen LogP contribution in [0.25, 0.3) is 0 Å². The van der Waals surface area contributed by atoms with Crippen LogP contribution in [-0.4, -0.2) is 23.4 Å². The lowest BCUT2D eigenvalue weighted by Gasteiger charge is -2.17. The zero-order valence-corrected chi connectivity index (χ0v) is 10.9. The van der Waals surface area contributed by atoms with Crippen molar-refractivity contribution in [3.05, 3.63) is 35.4 Å². The standard InChI is InChI=1S/C14H11NO5/c1-7(16)15-9-3-6-12(20-8(2)17)14-11(19)5-4-10(18)13(9)14/h3-6H,1-2H3,(H,15,16). The zero-order valence-electron chi connectivity index (χ0n) is 10.9. The Balaban J connectivity index is 2.65. The first-order valence-electron chi connectivity index (χ1n) is 5.80. The number of carbonyl (C=O) groups is 4. The van der Waals surface area contributed by atoms with Gasteiger partial charge in [-0.2, -0.15) is 0 Å². The zero-order chi connectivity index (χ0) is 14.9. The molecule has 2 rings (SSSR count). The Morgan fingerprint density at radius 1 is 1.00 bits per heavy atom. The summed E-state index contributed by atoms with van der Waals surface area (Å²) in [6.07, 6.45) is 2.22. The molecule has 1 amide bonds. The van der Waals surface area contributed by atoms with Crippen LogP contribution in [-0.2, 0) is 9.59 Å². The van der Waals surface area contributed by atoms with Gasteiger partial charge in [-0.05, 0) is 24.3 Å². The van der Waals surface area contributed by atoms with Crippen molar-refractivity contribution in [3.63, 3.8) is 0 Å². The first-order chi connectivity index (χ1) is 9.40. The van der Waals surface area contributed by atoms with E-state index >= 15 is 0 Å². The summed E-state index contributed by atoms with van der Waals surface area (Å²) in [6, 6.07) is 2.79. The molecule has 0 radical (unpaired) electrons. The van der Waals surface area contributed by atoms with E-state index in [-0.39, 0.29) is 28.5 Å². The van der Waals surface area contributed by atoms with Gasteiger partial charge in [0.15, 0.2) is 11.6 Å². The minimum Gasteiger partial charge on any atom is -0.426 e. The second-order valence-electron chi connectivity index (χ2n) is 4.20. The van der Waals surface area contributed by atoms with Gasteiger partial charge in [0, 0.05) is 13.8 Å². The molecule has 1 aliphatic carbocycles. The largest absolute Gasteiger partial charge is 0.426 e. The molecular formula is C14H11NO5. The maximum atomic E-state index is 11.9. The smallest absolute Gasteiger partial charge is 0.308 e. The molecule has 102 valence electrons. The van der Waals surface area contributed by atoms with E-state index in [9.17, 15) is 19.2 Å². The van der Waals surface area contributed by atoms with Crippen molar-refractivity contribution in [1.29, 1.82) is 0 Å². The van der Waals surface area contributed by atoms with E-state index in [4.69, 9.17) is 4.74 Å². The van der Waals surface area contributed by atoms with Crippen LogP contribution in [0, 0.1) is 0 Å². The second-order valence-corrected chi connectivity index (χ2v) is 4.20. The monoisotopic (exact) mass is 273 g/mol. The van der Waals surface area contributed by atoms with Crippen LogP contribution in [0.5, 0.6) is 5.75 Å². The summed E-state index contributed by atoms with van der Waals surface area (Å²) in [4.78, 5) is 46.1. The highest BCUT2D eigenvalue weighted by Crippen LogP contribution is 2.32. The molecular weight excluding hydrogens is 262 g/mol. The molecule has 0 saturated carbocycles. The number of carbonyl (C=O) groups excluding carboxylic acids is 4. The first kappa shape index (κ1) is 13.7. The van der Waals surface area contributed by atoms with Crippen LogP contribution in [0.4, 0.5) is 5.69 Å². The Labute approximate surface area is 114 Å². The van der Waals surface area contributed by atoms with Gasteiger partial charge < -0.3 is 10.1 Å². The molecule has 0 bridgehead atoms. The quantitative estimate of drug-likeness (QED) is 0.651. The van der Waals surface area contributed by atoms with Gasteiger partial charge in [-0.3, -0.25) is 19.2 Å². The van der Waals surface area contributed by atoms with E-state index in [0.29, 0.717) is 0 Å². The van der Waals surface area contributed by atoms with Gasteiger partial charge in [0.2, 0.25) is 5.91 Å². The lowest BCUT2D eigenvalue weighted by atomic mass is 9.92. The van der Waals surface area contributed by atoms with Gasteiger partial charge in [0.05, 0.1) is 16.8 Å². The number of anilines is 1. The molecule has 1 aromatic rings. The Kier molecular flexibility index (Phi) is 3.47. The van der Waals surface area contributed by atoms with Crippen molar-refractivity contribution >= 4 is 29.1 Å². The molecule has 1 N–H and O–H groups in total. The van der Waals surface area contributed by atoms with Crippen molar-refractivity contribution in [3.8, 4) is 5.75 Å². The highest BCUT2D eigenvalue weighted by molar-refractivity contribution is 6.26. The normalized spacial score (nSPS) is 12.9. The third-order valence-electron chi connectivity index (χ3n) is 2.61. The summed E-state index contributed by atoms with van der Waals surface area (Å²) in [5.41, 5.74) is 0.233. The summed E-state index contributed by atoms with van der Waals surface area (Å²) in [7, 11) is 0. The topological polar surface area (TPSA) is 89.5 Å². The van der Waals surface area contributed by atoms with Crippen LogP contribution in [0.3, 0.4) is 0 Å². The fraction of sp³-hybridized carbons (Fsp3) is 0.143. The van der Waals surface area contributed by atoms with E-state index in [0.717, 1.165) is 12.2 Å². The van der Waals surface area contributed by atoms with Gasteiger partial charge in [0.1, 0.15) is 5.75 Å². The molecule has 0 unspecified atom stereocenters. The number of ketones is 2. The van der Waals surface area contributed by atoms with Crippen molar-refractivity contribution in [2.45, 2.75) is 13.8 Å². The van der Waals surface area contributed by atoms with E-state index in [1.807, 2.05) is 0 Å². The SMILES string of the molecule is CC(=O)Nc1ccc(OC(C)=O)c2c1C(=O)C=CC2=O. The van der Waals surface area contributed by atoms with Crippen molar-refractivity contribution in [1.82, 2.24) is 0 Å². The Morgan fingerprint density at radius 3 is 2.15 bits per heavy atom. The predicted molar refractivity (Wildman–Crippen MR) is 69.9 cm³/mol. The van der Waals surface area contributed by atoms with Gasteiger partial charge in [-0.25, -0.2) is 0 Å². The summed E-state index contributed by atoms with van der Waals surface area (Å²) in [5.74, 6) is -1.86. The fourth-order valence-electron chi connectivity index (χ4n) is 1.94. The van der Waals surface area contributed by atoms with E-state index in [1.54, 1.807) is 0 Å². The Bertz CT molecular complexity index is 615. The van der Waals surface area contributed by atoms with Gasteiger partial charge >= 0.3 is 5.97 Å². The van der Waals surface area contributed by atoms with Gasteiger partial charge in [-0.15, -0.1) is 0 Å². The molecule has 6 heteroatoms. The lowest BCUT2D eigenvalue weighted by Crippen LogP contribution is -2.19. The summed E-state index contributed by atoms with van der Waals surface area (Å²) in [5, 5.41) is 2.48. The van der Waals surface area contributed by atoms with Crippen LogP contribution in [0.1, 0.15) is 34.6 Å². The minimum atomic E-state index is -0.603. The summed E-state index contributed by atoms with van der Waals surface area (Å²) in [6.45, 7) is 2.48. The third kappa shape index (κ3) is 2.49. The second kappa shape index (κ2) is 5.08. The molecule has 0 spiro atoms.